The molecule has 4 heteroatoms. The lowest BCUT2D eigenvalue weighted by Gasteiger charge is -2.39. The number of amides is 1. The Bertz CT molecular complexity index is 404. The molecule has 0 bridgehead atoms. The van der Waals surface area contributed by atoms with Crippen LogP contribution >= 0.6 is 0 Å². The standard InChI is InChI=1S/C14H22N2O2/c1-10-5-4-6-11(2)16(10)14(17)8-7-13-9-18-12(3)15-13/h9-11H,4-8H2,1-3H3. The molecule has 1 aromatic heterocycles. The van der Waals surface area contributed by atoms with Crippen LogP contribution in [0.3, 0.4) is 0 Å². The molecule has 1 fully saturated rings. The average molecular weight is 250 g/mol. The van der Waals surface area contributed by atoms with Gasteiger partial charge in [0.2, 0.25) is 5.91 Å². The number of hydrogen-bond donors (Lipinski definition) is 0. The Balaban J connectivity index is 1.90. The van der Waals surface area contributed by atoms with Crippen molar-refractivity contribution in [1.29, 1.82) is 0 Å². The minimum atomic E-state index is 0.246. The monoisotopic (exact) mass is 250 g/mol. The number of aryl methyl sites for hydroxylation is 2. The molecule has 0 aliphatic carbocycles. The molecule has 0 N–H and O–H groups in total. The summed E-state index contributed by atoms with van der Waals surface area (Å²) in [6.07, 6.45) is 6.32. The molecule has 0 spiro atoms. The average Bonchev–Trinajstić information content (AvgIpc) is 2.72. The minimum Gasteiger partial charge on any atom is -0.449 e. The van der Waals surface area contributed by atoms with Crippen LogP contribution in [0.2, 0.25) is 0 Å². The van der Waals surface area contributed by atoms with Crippen LogP contribution in [-0.2, 0) is 11.2 Å². The van der Waals surface area contributed by atoms with Crippen molar-refractivity contribution in [3.05, 3.63) is 17.8 Å². The first kappa shape index (κ1) is 13.1. The number of rotatable bonds is 3. The van der Waals surface area contributed by atoms with Crippen LogP contribution in [0, 0.1) is 6.92 Å². The van der Waals surface area contributed by atoms with E-state index in [-0.39, 0.29) is 5.91 Å². The zero-order valence-electron chi connectivity index (χ0n) is 11.5. The molecule has 1 aliphatic heterocycles. The van der Waals surface area contributed by atoms with Crippen LogP contribution in [0.15, 0.2) is 10.7 Å². The number of carbonyl (C=O) groups is 1. The SMILES string of the molecule is Cc1nc(CCC(=O)N2C(C)CCCC2C)co1. The molecule has 0 radical (unpaired) electrons. The van der Waals surface area contributed by atoms with Crippen molar-refractivity contribution in [2.24, 2.45) is 0 Å². The summed E-state index contributed by atoms with van der Waals surface area (Å²) in [7, 11) is 0. The minimum absolute atomic E-state index is 0.246. The van der Waals surface area contributed by atoms with E-state index >= 15 is 0 Å². The Morgan fingerprint density at radius 1 is 1.44 bits per heavy atom. The molecule has 4 nitrogen and oxygen atoms in total. The molecule has 1 aromatic rings. The number of carbonyl (C=O) groups excluding carboxylic acids is 1. The van der Waals surface area contributed by atoms with Crippen molar-refractivity contribution >= 4 is 5.91 Å². The smallest absolute Gasteiger partial charge is 0.223 e. The summed E-state index contributed by atoms with van der Waals surface area (Å²) < 4.78 is 5.15. The van der Waals surface area contributed by atoms with Gasteiger partial charge in [0, 0.05) is 31.8 Å². The Hall–Kier alpha value is -1.32. The largest absolute Gasteiger partial charge is 0.449 e. The second-order valence-corrected chi connectivity index (χ2v) is 5.29. The topological polar surface area (TPSA) is 46.3 Å². The van der Waals surface area contributed by atoms with E-state index in [1.165, 1.54) is 6.42 Å². The van der Waals surface area contributed by atoms with Crippen molar-refractivity contribution in [3.8, 4) is 0 Å². The second-order valence-electron chi connectivity index (χ2n) is 5.29. The quantitative estimate of drug-likeness (QED) is 0.828. The zero-order valence-corrected chi connectivity index (χ0v) is 11.5. The number of piperidine rings is 1. The van der Waals surface area contributed by atoms with Gasteiger partial charge in [0.25, 0.3) is 0 Å². The highest BCUT2D eigenvalue weighted by atomic mass is 16.3. The highest BCUT2D eigenvalue weighted by molar-refractivity contribution is 5.77. The van der Waals surface area contributed by atoms with Crippen LogP contribution in [0.5, 0.6) is 0 Å². The number of aromatic nitrogens is 1. The van der Waals surface area contributed by atoms with Gasteiger partial charge in [-0.25, -0.2) is 4.98 Å². The number of oxazole rings is 1. The maximum Gasteiger partial charge on any atom is 0.223 e. The van der Waals surface area contributed by atoms with E-state index in [0.717, 1.165) is 18.5 Å². The summed E-state index contributed by atoms with van der Waals surface area (Å²) in [5.41, 5.74) is 0.873. The molecule has 1 aliphatic rings. The third-order valence-electron chi connectivity index (χ3n) is 3.74. The Labute approximate surface area is 108 Å². The molecule has 0 saturated carbocycles. The van der Waals surface area contributed by atoms with Crippen molar-refractivity contribution in [2.75, 3.05) is 0 Å². The van der Waals surface area contributed by atoms with Crippen LogP contribution in [0.4, 0.5) is 0 Å². The maximum atomic E-state index is 12.3. The summed E-state index contributed by atoms with van der Waals surface area (Å²) in [6, 6.07) is 0.751. The van der Waals surface area contributed by atoms with Crippen molar-refractivity contribution in [3.63, 3.8) is 0 Å². The van der Waals surface area contributed by atoms with Gasteiger partial charge in [0.15, 0.2) is 5.89 Å². The summed E-state index contributed by atoms with van der Waals surface area (Å²) in [5, 5.41) is 0. The Kier molecular flexibility index (Phi) is 4.04. The summed E-state index contributed by atoms with van der Waals surface area (Å²) >= 11 is 0. The van der Waals surface area contributed by atoms with Gasteiger partial charge in [-0.1, -0.05) is 0 Å². The lowest BCUT2D eigenvalue weighted by molar-refractivity contribution is -0.137. The molecule has 2 heterocycles. The molecule has 2 unspecified atom stereocenters. The van der Waals surface area contributed by atoms with Gasteiger partial charge in [-0.2, -0.15) is 0 Å². The van der Waals surface area contributed by atoms with Crippen molar-refractivity contribution < 1.29 is 9.21 Å². The van der Waals surface area contributed by atoms with E-state index in [1.807, 2.05) is 6.92 Å². The van der Waals surface area contributed by atoms with Crippen LogP contribution < -0.4 is 0 Å². The predicted molar refractivity (Wildman–Crippen MR) is 69.2 cm³/mol. The lowest BCUT2D eigenvalue weighted by atomic mass is 9.97. The van der Waals surface area contributed by atoms with E-state index in [4.69, 9.17) is 4.42 Å². The molecular weight excluding hydrogens is 228 g/mol. The normalized spacial score (nSPS) is 24.3. The maximum absolute atomic E-state index is 12.3. The first-order valence-corrected chi connectivity index (χ1v) is 6.80. The van der Waals surface area contributed by atoms with Gasteiger partial charge in [-0.05, 0) is 33.1 Å². The van der Waals surface area contributed by atoms with Gasteiger partial charge < -0.3 is 9.32 Å². The van der Waals surface area contributed by atoms with Gasteiger partial charge in [-0.3, -0.25) is 4.79 Å². The molecular formula is C14H22N2O2. The fourth-order valence-electron chi connectivity index (χ4n) is 2.80. The lowest BCUT2D eigenvalue weighted by Crippen LogP contribution is -2.47. The number of nitrogens with zero attached hydrogens (tertiary/aromatic N) is 2. The van der Waals surface area contributed by atoms with E-state index < -0.39 is 0 Å². The predicted octanol–water partition coefficient (Wildman–Crippen LogP) is 2.71. The molecule has 100 valence electrons. The highest BCUT2D eigenvalue weighted by Gasteiger charge is 2.28. The Morgan fingerprint density at radius 2 is 2.11 bits per heavy atom. The van der Waals surface area contributed by atoms with E-state index in [0.29, 0.717) is 30.8 Å². The molecule has 1 saturated heterocycles. The van der Waals surface area contributed by atoms with E-state index in [9.17, 15) is 4.79 Å². The Morgan fingerprint density at radius 3 is 2.67 bits per heavy atom. The highest BCUT2D eigenvalue weighted by Crippen LogP contribution is 2.23. The summed E-state index contributed by atoms with van der Waals surface area (Å²) in [6.45, 7) is 6.11. The van der Waals surface area contributed by atoms with E-state index in [2.05, 4.69) is 23.7 Å². The van der Waals surface area contributed by atoms with Gasteiger partial charge >= 0.3 is 0 Å². The third kappa shape index (κ3) is 2.92. The summed E-state index contributed by atoms with van der Waals surface area (Å²) in [5.74, 6) is 0.910. The van der Waals surface area contributed by atoms with Crippen LogP contribution in [-0.4, -0.2) is 27.9 Å². The molecule has 0 aromatic carbocycles. The van der Waals surface area contributed by atoms with E-state index in [1.54, 1.807) is 6.26 Å². The van der Waals surface area contributed by atoms with Gasteiger partial charge in [0.1, 0.15) is 6.26 Å². The van der Waals surface area contributed by atoms with Gasteiger partial charge in [0.05, 0.1) is 5.69 Å². The fourth-order valence-corrected chi connectivity index (χ4v) is 2.80. The molecule has 18 heavy (non-hydrogen) atoms. The first-order valence-electron chi connectivity index (χ1n) is 6.80. The first-order chi connectivity index (χ1) is 8.58. The second kappa shape index (κ2) is 5.55. The fraction of sp³-hybridized carbons (Fsp3) is 0.714. The zero-order chi connectivity index (χ0) is 13.1. The number of hydrogen-bond acceptors (Lipinski definition) is 3. The summed E-state index contributed by atoms with van der Waals surface area (Å²) in [4.78, 5) is 18.5. The molecule has 1 amide bonds. The third-order valence-corrected chi connectivity index (χ3v) is 3.74. The van der Waals surface area contributed by atoms with Crippen LogP contribution in [0.25, 0.3) is 0 Å². The van der Waals surface area contributed by atoms with Crippen LogP contribution in [0.1, 0.15) is 51.1 Å². The van der Waals surface area contributed by atoms with Crippen molar-refractivity contribution in [2.45, 2.75) is 65.0 Å². The molecule has 2 atom stereocenters. The van der Waals surface area contributed by atoms with Gasteiger partial charge in [-0.15, -0.1) is 0 Å². The number of likely N-dealkylation sites (tertiary alicyclic amines) is 1. The molecule has 2 rings (SSSR count). The van der Waals surface area contributed by atoms with Crippen molar-refractivity contribution in [1.82, 2.24) is 9.88 Å².